The Morgan fingerprint density at radius 3 is 2.33 bits per heavy atom. The van der Waals surface area contributed by atoms with Gasteiger partial charge in [-0.3, -0.25) is 4.70 Å². The van der Waals surface area contributed by atoms with Crippen LogP contribution in [0.2, 0.25) is 0 Å². The van der Waals surface area contributed by atoms with Crippen molar-refractivity contribution in [3.63, 3.8) is 0 Å². The molecule has 3 heteroatoms. The Balaban J connectivity index is 0. The molecule has 0 aromatic rings. The van der Waals surface area contributed by atoms with Crippen molar-refractivity contribution in [1.82, 2.24) is 0 Å². The smallest absolute Gasteiger partial charge is 0.0223 e. The van der Waals surface area contributed by atoms with Crippen LogP contribution in [0.4, 0.5) is 4.70 Å². The van der Waals surface area contributed by atoms with Crippen molar-refractivity contribution in [2.75, 3.05) is 5.88 Å². The van der Waals surface area contributed by atoms with E-state index in [2.05, 4.69) is 19.6 Å². The average Bonchev–Trinajstić information content (AvgIpc) is 1.66. The molecule has 0 amide bonds. The Kier molecular flexibility index (Phi) is 11.7. The molecule has 0 spiro atoms. The predicted octanol–water partition coefficient (Wildman–Crippen LogP) is 2.87. The minimum Gasteiger partial charge on any atom is -0.269 e. The molecule has 0 aromatic carbocycles. The van der Waals surface area contributed by atoms with E-state index in [0.29, 0.717) is 5.25 Å². The van der Waals surface area contributed by atoms with Crippen LogP contribution >= 0.6 is 24.2 Å². The van der Waals surface area contributed by atoms with Gasteiger partial charge in [0.15, 0.2) is 0 Å². The van der Waals surface area contributed by atoms with Crippen molar-refractivity contribution in [3.8, 4) is 0 Å². The average molecular weight is 173 g/mol. The highest BCUT2D eigenvalue weighted by atomic mass is 35.5. The van der Waals surface area contributed by atoms with Crippen LogP contribution in [0, 0.1) is 0 Å². The fraction of sp³-hybridized carbons (Fsp3) is 1.00. The molecule has 0 N–H and O–H groups in total. The summed E-state index contributed by atoms with van der Waals surface area (Å²) < 4.78 is 0. The Morgan fingerprint density at radius 1 is 1.44 bits per heavy atom. The molecule has 1 unspecified atom stereocenters. The molecule has 9 heavy (non-hydrogen) atoms. The number of unbranched alkanes of at least 4 members (excludes halogenated alkanes) is 1. The molecule has 0 rings (SSSR count). The number of rotatable bonds is 4. The van der Waals surface area contributed by atoms with Gasteiger partial charge in [0.25, 0.3) is 0 Å². The van der Waals surface area contributed by atoms with Gasteiger partial charge >= 0.3 is 0 Å². The van der Waals surface area contributed by atoms with Gasteiger partial charge in [-0.05, 0) is 18.1 Å². The molecule has 0 saturated heterocycles. The summed E-state index contributed by atoms with van der Waals surface area (Å²) in [6.45, 7) is 2.11. The summed E-state index contributed by atoms with van der Waals surface area (Å²) in [5, 5.41) is 0.540. The zero-order valence-electron chi connectivity index (χ0n) is 5.64. The van der Waals surface area contributed by atoms with E-state index in [1.165, 1.54) is 12.8 Å². The molecule has 58 valence electrons. The number of halogens is 2. The zero-order chi connectivity index (χ0) is 6.41. The van der Waals surface area contributed by atoms with Crippen LogP contribution in [-0.4, -0.2) is 11.1 Å². The van der Waals surface area contributed by atoms with E-state index >= 15 is 0 Å². The maximum Gasteiger partial charge on any atom is 0.0223 e. The number of hydrogen-bond acceptors (Lipinski definition) is 1. The first-order valence-electron chi connectivity index (χ1n) is 3.01. The number of hydrogen-bond donors (Lipinski definition) is 1. The van der Waals surface area contributed by atoms with Crippen LogP contribution in [0.25, 0.3) is 0 Å². The lowest BCUT2D eigenvalue weighted by molar-refractivity contribution is 0.719. The Hall–Kier alpha value is 0.570. The Morgan fingerprint density at radius 2 is 2.00 bits per heavy atom. The van der Waals surface area contributed by atoms with E-state index in [1.807, 2.05) is 0 Å². The van der Waals surface area contributed by atoms with Crippen molar-refractivity contribution in [2.24, 2.45) is 0 Å². The van der Waals surface area contributed by atoms with Crippen LogP contribution in [0.15, 0.2) is 0 Å². The summed E-state index contributed by atoms with van der Waals surface area (Å²) in [5.74, 6) is 0.792. The molecule has 1 atom stereocenters. The van der Waals surface area contributed by atoms with E-state index in [9.17, 15) is 0 Å². The van der Waals surface area contributed by atoms with E-state index in [0.717, 1.165) is 12.3 Å². The molecular formula is C6H14ClFS. The second-order valence-electron chi connectivity index (χ2n) is 2.03. The minimum absolute atomic E-state index is 0. The van der Waals surface area contributed by atoms with Crippen molar-refractivity contribution >= 4 is 24.2 Å². The van der Waals surface area contributed by atoms with Crippen LogP contribution in [-0.2, 0) is 0 Å². The first kappa shape index (κ1) is 12.3. The molecular weight excluding hydrogens is 159 g/mol. The van der Waals surface area contributed by atoms with E-state index in [-0.39, 0.29) is 4.70 Å². The standard InChI is InChI=1S/C6H13ClS.FH/c1-6(8)4-2-3-5-7;/h6,8H,2-5H2,1H3;1H. The maximum atomic E-state index is 5.46. The van der Waals surface area contributed by atoms with Gasteiger partial charge in [-0.15, -0.1) is 11.6 Å². The summed E-state index contributed by atoms with van der Waals surface area (Å²) in [4.78, 5) is 0. The van der Waals surface area contributed by atoms with Crippen molar-refractivity contribution < 1.29 is 4.70 Å². The second-order valence-corrected chi connectivity index (χ2v) is 3.29. The predicted molar refractivity (Wildman–Crippen MR) is 45.5 cm³/mol. The zero-order valence-corrected chi connectivity index (χ0v) is 7.29. The van der Waals surface area contributed by atoms with E-state index in [4.69, 9.17) is 11.6 Å². The lowest BCUT2D eigenvalue weighted by atomic mass is 10.2. The highest BCUT2D eigenvalue weighted by molar-refractivity contribution is 7.80. The van der Waals surface area contributed by atoms with Crippen molar-refractivity contribution in [2.45, 2.75) is 31.4 Å². The molecule has 0 radical (unpaired) electrons. The third-order valence-electron chi connectivity index (χ3n) is 1.01. The highest BCUT2D eigenvalue weighted by Crippen LogP contribution is 2.05. The van der Waals surface area contributed by atoms with E-state index < -0.39 is 0 Å². The molecule has 0 aromatic heterocycles. The summed E-state index contributed by atoms with van der Waals surface area (Å²) in [7, 11) is 0. The summed E-state index contributed by atoms with van der Waals surface area (Å²) in [6, 6.07) is 0. The van der Waals surface area contributed by atoms with Crippen LogP contribution < -0.4 is 0 Å². The van der Waals surface area contributed by atoms with Gasteiger partial charge in [-0.25, -0.2) is 0 Å². The van der Waals surface area contributed by atoms with Gasteiger partial charge in [0, 0.05) is 5.88 Å². The first-order chi connectivity index (χ1) is 3.77. The second kappa shape index (κ2) is 8.57. The maximum absolute atomic E-state index is 5.46. The normalized spacial score (nSPS) is 12.3. The van der Waals surface area contributed by atoms with Crippen LogP contribution in [0.5, 0.6) is 0 Å². The van der Waals surface area contributed by atoms with Crippen LogP contribution in [0.3, 0.4) is 0 Å². The van der Waals surface area contributed by atoms with Crippen molar-refractivity contribution in [1.29, 1.82) is 0 Å². The van der Waals surface area contributed by atoms with Gasteiger partial charge in [0.1, 0.15) is 0 Å². The third-order valence-corrected chi connectivity index (χ3v) is 1.53. The fourth-order valence-electron chi connectivity index (χ4n) is 0.534. The monoisotopic (exact) mass is 172 g/mol. The number of alkyl halides is 1. The summed E-state index contributed by atoms with van der Waals surface area (Å²) in [5.41, 5.74) is 0. The van der Waals surface area contributed by atoms with Crippen LogP contribution in [0.1, 0.15) is 26.2 Å². The Bertz CT molecular complexity index is 50.3. The van der Waals surface area contributed by atoms with Gasteiger partial charge < -0.3 is 0 Å². The third kappa shape index (κ3) is 11.9. The molecule has 0 saturated carbocycles. The highest BCUT2D eigenvalue weighted by Gasteiger charge is 1.91. The largest absolute Gasteiger partial charge is 0.269 e. The fourth-order valence-corrected chi connectivity index (χ4v) is 0.906. The lowest BCUT2D eigenvalue weighted by Crippen LogP contribution is -1.89. The SMILES string of the molecule is CC(S)CCCCCl.F. The van der Waals surface area contributed by atoms with Gasteiger partial charge in [-0.1, -0.05) is 13.3 Å². The summed E-state index contributed by atoms with van der Waals surface area (Å²) >= 11 is 9.69. The molecule has 0 aliphatic heterocycles. The topological polar surface area (TPSA) is 0 Å². The van der Waals surface area contributed by atoms with Gasteiger partial charge in [-0.2, -0.15) is 12.6 Å². The molecule has 0 heterocycles. The number of thiol groups is 1. The Labute approximate surface area is 66.8 Å². The van der Waals surface area contributed by atoms with E-state index in [1.54, 1.807) is 0 Å². The lowest BCUT2D eigenvalue weighted by Gasteiger charge is -1.99. The minimum atomic E-state index is 0. The van der Waals surface area contributed by atoms with Crippen molar-refractivity contribution in [3.05, 3.63) is 0 Å². The van der Waals surface area contributed by atoms with Gasteiger partial charge in [0.2, 0.25) is 0 Å². The quantitative estimate of drug-likeness (QED) is 0.376. The molecule has 0 nitrogen and oxygen atoms in total. The molecule has 0 aliphatic rings. The molecule has 0 fully saturated rings. The van der Waals surface area contributed by atoms with Gasteiger partial charge in [0.05, 0.1) is 0 Å². The molecule has 0 bridgehead atoms. The molecule has 0 aliphatic carbocycles. The first-order valence-corrected chi connectivity index (χ1v) is 4.06. The summed E-state index contributed by atoms with van der Waals surface area (Å²) in [6.07, 6.45) is 3.54.